The molecule has 0 atom stereocenters. The summed E-state index contributed by atoms with van der Waals surface area (Å²) in [4.78, 5) is 8.15. The number of anilines is 1. The molecule has 8 heteroatoms. The van der Waals surface area contributed by atoms with Gasteiger partial charge >= 0.3 is 6.18 Å². The fraction of sp³-hybridized carbons (Fsp3) is 0.600. The Labute approximate surface area is 110 Å². The van der Waals surface area contributed by atoms with Gasteiger partial charge in [-0.05, 0) is 6.42 Å². The van der Waals surface area contributed by atoms with Gasteiger partial charge in [-0.15, -0.1) is 0 Å². The third kappa shape index (κ3) is 4.08. The van der Waals surface area contributed by atoms with Crippen molar-refractivity contribution in [3.8, 4) is 0 Å². The number of alkyl halides is 4. The van der Waals surface area contributed by atoms with E-state index in [9.17, 15) is 17.6 Å². The van der Waals surface area contributed by atoms with E-state index in [2.05, 4.69) is 25.9 Å². The zero-order chi connectivity index (χ0) is 13.8. The first kappa shape index (κ1) is 15.1. The van der Waals surface area contributed by atoms with E-state index in [4.69, 9.17) is 0 Å². The van der Waals surface area contributed by atoms with E-state index in [0.29, 0.717) is 6.42 Å². The molecule has 3 nitrogen and oxygen atoms in total. The molecule has 18 heavy (non-hydrogen) atoms. The van der Waals surface area contributed by atoms with Crippen LogP contribution in [0.2, 0.25) is 0 Å². The lowest BCUT2D eigenvalue weighted by Crippen LogP contribution is -2.37. The summed E-state index contributed by atoms with van der Waals surface area (Å²) in [6.45, 7) is 0.445. The highest BCUT2D eigenvalue weighted by atomic mass is 79.9. The van der Waals surface area contributed by atoms with E-state index in [1.54, 1.807) is 6.92 Å². The highest BCUT2D eigenvalue weighted by molar-refractivity contribution is 9.09. The summed E-state index contributed by atoms with van der Waals surface area (Å²) in [6, 6.07) is 0. The smallest absolute Gasteiger partial charge is 0.344 e. The normalized spacial score (nSPS) is 11.7. The highest BCUT2D eigenvalue weighted by Gasteiger charge is 2.32. The Morgan fingerprint density at radius 3 is 2.50 bits per heavy atom. The SMILES string of the molecule is CCc1ncnc(N(CCBr)CC(F)(F)F)c1F. The van der Waals surface area contributed by atoms with Crippen LogP contribution in [0.3, 0.4) is 0 Å². The molecule has 0 aromatic carbocycles. The number of hydrogen-bond donors (Lipinski definition) is 0. The van der Waals surface area contributed by atoms with E-state index < -0.39 is 18.5 Å². The average molecular weight is 330 g/mol. The largest absolute Gasteiger partial charge is 0.405 e. The van der Waals surface area contributed by atoms with Gasteiger partial charge in [0.05, 0.1) is 5.69 Å². The first-order valence-corrected chi connectivity index (χ1v) is 6.38. The second kappa shape index (κ2) is 6.31. The number of hydrogen-bond acceptors (Lipinski definition) is 3. The fourth-order valence-corrected chi connectivity index (χ4v) is 1.87. The Morgan fingerprint density at radius 1 is 1.33 bits per heavy atom. The first-order valence-electron chi connectivity index (χ1n) is 5.26. The molecule has 0 fully saturated rings. The molecule has 0 radical (unpaired) electrons. The van der Waals surface area contributed by atoms with Crippen LogP contribution in [0.25, 0.3) is 0 Å². The summed E-state index contributed by atoms with van der Waals surface area (Å²) in [6.07, 6.45) is -3.03. The summed E-state index contributed by atoms with van der Waals surface area (Å²) in [5.74, 6) is -1.09. The number of aryl methyl sites for hydroxylation is 1. The molecule has 0 unspecified atom stereocenters. The van der Waals surface area contributed by atoms with Crippen molar-refractivity contribution >= 4 is 21.7 Å². The van der Waals surface area contributed by atoms with Crippen molar-refractivity contribution in [2.75, 3.05) is 23.3 Å². The van der Waals surface area contributed by atoms with Crippen molar-refractivity contribution in [1.82, 2.24) is 9.97 Å². The minimum absolute atomic E-state index is 0.0105. The summed E-state index contributed by atoms with van der Waals surface area (Å²) >= 11 is 3.04. The van der Waals surface area contributed by atoms with Crippen molar-refractivity contribution in [2.24, 2.45) is 0 Å². The van der Waals surface area contributed by atoms with E-state index >= 15 is 0 Å². The molecule has 102 valence electrons. The third-order valence-electron chi connectivity index (χ3n) is 2.20. The molecule has 0 saturated carbocycles. The quantitative estimate of drug-likeness (QED) is 0.614. The summed E-state index contributed by atoms with van der Waals surface area (Å²) < 4.78 is 51.1. The van der Waals surface area contributed by atoms with Crippen LogP contribution in [0.15, 0.2) is 6.33 Å². The zero-order valence-corrected chi connectivity index (χ0v) is 11.2. The standard InChI is InChI=1S/C10H12BrF4N3/c1-2-7-8(12)9(17-6-16-7)18(4-3-11)5-10(13,14)15/h6H,2-5H2,1H3. The number of aromatic nitrogens is 2. The Bertz CT molecular complexity index is 397. The maximum atomic E-state index is 13.9. The molecule has 0 bridgehead atoms. The molecule has 1 aromatic heterocycles. The lowest BCUT2D eigenvalue weighted by Gasteiger charge is -2.24. The molecule has 0 amide bonds. The van der Waals surface area contributed by atoms with Crippen LogP contribution in [0, 0.1) is 5.82 Å². The van der Waals surface area contributed by atoms with Gasteiger partial charge in [-0.25, -0.2) is 14.4 Å². The second-order valence-electron chi connectivity index (χ2n) is 3.54. The predicted molar refractivity (Wildman–Crippen MR) is 63.4 cm³/mol. The van der Waals surface area contributed by atoms with Crippen molar-refractivity contribution in [2.45, 2.75) is 19.5 Å². The molecule has 1 aromatic rings. The summed E-state index contributed by atoms with van der Waals surface area (Å²) in [7, 11) is 0. The van der Waals surface area contributed by atoms with Crippen LogP contribution in [-0.2, 0) is 6.42 Å². The maximum Gasteiger partial charge on any atom is 0.405 e. The Balaban J connectivity index is 3.05. The molecule has 0 spiro atoms. The number of halogens is 5. The van der Waals surface area contributed by atoms with E-state index in [0.717, 1.165) is 11.2 Å². The molecule has 0 aliphatic heterocycles. The van der Waals surface area contributed by atoms with E-state index in [1.807, 2.05) is 0 Å². The van der Waals surface area contributed by atoms with Crippen LogP contribution < -0.4 is 4.90 Å². The van der Waals surface area contributed by atoms with Gasteiger partial charge in [0.25, 0.3) is 0 Å². The van der Waals surface area contributed by atoms with Crippen LogP contribution in [0.1, 0.15) is 12.6 Å². The summed E-state index contributed by atoms with van der Waals surface area (Å²) in [5, 5.41) is 0.286. The van der Waals surface area contributed by atoms with Crippen LogP contribution in [-0.4, -0.2) is 34.6 Å². The zero-order valence-electron chi connectivity index (χ0n) is 9.64. The molecular weight excluding hydrogens is 318 g/mol. The van der Waals surface area contributed by atoms with Gasteiger partial charge in [0.1, 0.15) is 12.9 Å². The third-order valence-corrected chi connectivity index (χ3v) is 2.56. The Kier molecular flexibility index (Phi) is 5.30. The molecular formula is C10H12BrF4N3. The lowest BCUT2D eigenvalue weighted by molar-refractivity contribution is -0.119. The molecule has 1 heterocycles. The first-order chi connectivity index (χ1) is 8.39. The van der Waals surface area contributed by atoms with Crippen LogP contribution in [0.5, 0.6) is 0 Å². The van der Waals surface area contributed by atoms with E-state index in [1.165, 1.54) is 0 Å². The molecule has 1 rings (SSSR count). The second-order valence-corrected chi connectivity index (χ2v) is 4.33. The van der Waals surface area contributed by atoms with Gasteiger partial charge in [0, 0.05) is 11.9 Å². The minimum atomic E-state index is -4.41. The predicted octanol–water partition coefficient (Wildman–Crippen LogP) is 2.94. The van der Waals surface area contributed by atoms with Gasteiger partial charge < -0.3 is 4.90 Å². The highest BCUT2D eigenvalue weighted by Crippen LogP contribution is 2.23. The van der Waals surface area contributed by atoms with Gasteiger partial charge in [0.2, 0.25) is 0 Å². The minimum Gasteiger partial charge on any atom is -0.344 e. The van der Waals surface area contributed by atoms with Crippen LogP contribution in [0.4, 0.5) is 23.4 Å². The molecule has 0 N–H and O–H groups in total. The molecule has 0 saturated heterocycles. The van der Waals surface area contributed by atoms with Gasteiger partial charge in [-0.1, -0.05) is 22.9 Å². The van der Waals surface area contributed by atoms with Crippen molar-refractivity contribution in [3.63, 3.8) is 0 Å². The number of nitrogens with zero attached hydrogens (tertiary/aromatic N) is 3. The van der Waals surface area contributed by atoms with Crippen molar-refractivity contribution in [1.29, 1.82) is 0 Å². The lowest BCUT2D eigenvalue weighted by atomic mass is 10.3. The fourth-order valence-electron chi connectivity index (χ4n) is 1.44. The monoisotopic (exact) mass is 329 g/mol. The Morgan fingerprint density at radius 2 is 2.00 bits per heavy atom. The molecule has 0 aliphatic carbocycles. The Hall–Kier alpha value is -0.920. The molecule has 0 aliphatic rings. The summed E-state index contributed by atoms with van der Waals surface area (Å²) in [5.41, 5.74) is 0.113. The average Bonchev–Trinajstić information content (AvgIpc) is 2.27. The maximum absolute atomic E-state index is 13.9. The van der Waals surface area contributed by atoms with Gasteiger partial charge in [-0.2, -0.15) is 13.2 Å². The topological polar surface area (TPSA) is 29.0 Å². The van der Waals surface area contributed by atoms with Crippen molar-refractivity contribution in [3.05, 3.63) is 17.8 Å². The van der Waals surface area contributed by atoms with Gasteiger partial charge in [-0.3, -0.25) is 0 Å². The van der Waals surface area contributed by atoms with Crippen molar-refractivity contribution < 1.29 is 17.6 Å². The van der Waals surface area contributed by atoms with E-state index in [-0.39, 0.29) is 23.4 Å². The van der Waals surface area contributed by atoms with Crippen LogP contribution >= 0.6 is 15.9 Å². The number of rotatable bonds is 5. The van der Waals surface area contributed by atoms with Gasteiger partial charge in [0.15, 0.2) is 11.6 Å².